The number of hydrogen-bond acceptors (Lipinski definition) is 4. The first-order chi connectivity index (χ1) is 17.1. The zero-order valence-electron chi connectivity index (χ0n) is 20.1. The van der Waals surface area contributed by atoms with Crippen LogP contribution in [-0.4, -0.2) is 44.8 Å². The second-order valence-electron chi connectivity index (χ2n) is 8.16. The minimum Gasteiger partial charge on any atom is -0.357 e. The van der Waals surface area contributed by atoms with Crippen molar-refractivity contribution in [1.82, 2.24) is 10.2 Å². The summed E-state index contributed by atoms with van der Waals surface area (Å²) in [5.41, 5.74) is 1.11. The summed E-state index contributed by atoms with van der Waals surface area (Å²) in [6.45, 7) is 2.41. The smallest absolute Gasteiger partial charge is 0.264 e. The molecule has 190 valence electrons. The number of nitrogens with one attached hydrogen (secondary N) is 1. The predicted octanol–water partition coefficient (Wildman–Crippen LogP) is 4.15. The van der Waals surface area contributed by atoms with Gasteiger partial charge in [-0.15, -0.1) is 0 Å². The number of halogens is 2. The van der Waals surface area contributed by atoms with Gasteiger partial charge in [0.15, 0.2) is 0 Å². The van der Waals surface area contributed by atoms with E-state index in [1.807, 2.05) is 0 Å². The molecule has 2 amide bonds. The number of hydrogen-bond donors (Lipinski definition) is 1. The third-order valence-electron chi connectivity index (χ3n) is 5.77. The minimum absolute atomic E-state index is 0.0190. The fraction of sp³-hybridized carbons (Fsp3) is 0.231. The average molecular weight is 532 g/mol. The lowest BCUT2D eigenvalue weighted by atomic mass is 10.1. The lowest BCUT2D eigenvalue weighted by molar-refractivity contribution is -0.139. The fourth-order valence-electron chi connectivity index (χ4n) is 3.59. The molecule has 36 heavy (non-hydrogen) atoms. The molecule has 0 aliphatic rings. The molecule has 1 N–H and O–H groups in total. The Balaban J connectivity index is 2.06. The van der Waals surface area contributed by atoms with Gasteiger partial charge >= 0.3 is 0 Å². The number of sulfonamides is 1. The molecule has 3 rings (SSSR count). The van der Waals surface area contributed by atoms with Crippen molar-refractivity contribution >= 4 is 39.1 Å². The fourth-order valence-corrected chi connectivity index (χ4v) is 5.19. The molecule has 0 unspecified atom stereocenters. The first-order valence-electron chi connectivity index (χ1n) is 11.1. The predicted molar refractivity (Wildman–Crippen MR) is 138 cm³/mol. The van der Waals surface area contributed by atoms with E-state index in [0.29, 0.717) is 5.02 Å². The number of rotatable bonds is 9. The van der Waals surface area contributed by atoms with Gasteiger partial charge in [-0.2, -0.15) is 0 Å². The van der Waals surface area contributed by atoms with Crippen molar-refractivity contribution in [2.75, 3.05) is 17.9 Å². The van der Waals surface area contributed by atoms with E-state index >= 15 is 0 Å². The molecule has 0 aromatic heterocycles. The van der Waals surface area contributed by atoms with Crippen LogP contribution in [0.15, 0.2) is 77.7 Å². The molecule has 1 atom stereocenters. The Hall–Kier alpha value is -3.43. The van der Waals surface area contributed by atoms with Crippen LogP contribution < -0.4 is 9.62 Å². The average Bonchev–Trinajstić information content (AvgIpc) is 2.87. The highest BCUT2D eigenvalue weighted by Gasteiger charge is 2.32. The standard InChI is InChI=1S/C26H27ClFN3O4S/c1-18-13-14-21(15-23(18)27)31(36(34,35)22-10-5-4-6-11-22)17-25(32)30(19(2)26(33)29-3)16-20-9-7-8-12-24(20)28/h4-15,19H,16-17H2,1-3H3,(H,29,33)/t19-/m1/s1. The largest absolute Gasteiger partial charge is 0.357 e. The van der Waals surface area contributed by atoms with Crippen molar-refractivity contribution in [1.29, 1.82) is 0 Å². The van der Waals surface area contributed by atoms with Gasteiger partial charge in [-0.3, -0.25) is 13.9 Å². The summed E-state index contributed by atoms with van der Waals surface area (Å²) in [4.78, 5) is 27.2. The van der Waals surface area contributed by atoms with Crippen molar-refractivity contribution in [2.45, 2.75) is 31.3 Å². The zero-order chi connectivity index (χ0) is 26.5. The Bertz CT molecular complexity index is 1350. The molecular weight excluding hydrogens is 505 g/mol. The maximum Gasteiger partial charge on any atom is 0.264 e. The molecule has 3 aromatic rings. The van der Waals surface area contributed by atoms with Gasteiger partial charge in [-0.05, 0) is 49.7 Å². The summed E-state index contributed by atoms with van der Waals surface area (Å²) in [5.74, 6) is -1.71. The molecule has 0 aliphatic carbocycles. The highest BCUT2D eigenvalue weighted by molar-refractivity contribution is 7.92. The van der Waals surface area contributed by atoms with E-state index < -0.39 is 40.2 Å². The highest BCUT2D eigenvalue weighted by atomic mass is 35.5. The van der Waals surface area contributed by atoms with Crippen LogP contribution in [0.3, 0.4) is 0 Å². The van der Waals surface area contributed by atoms with Crippen LogP contribution in [0.2, 0.25) is 5.02 Å². The molecule has 0 heterocycles. The van der Waals surface area contributed by atoms with Crippen molar-refractivity contribution in [3.05, 3.63) is 94.8 Å². The number of anilines is 1. The molecular formula is C26H27ClFN3O4S. The molecule has 7 nitrogen and oxygen atoms in total. The molecule has 0 saturated heterocycles. The van der Waals surface area contributed by atoms with Gasteiger partial charge in [0.2, 0.25) is 11.8 Å². The van der Waals surface area contributed by atoms with Crippen molar-refractivity contribution in [3.63, 3.8) is 0 Å². The van der Waals surface area contributed by atoms with E-state index in [1.54, 1.807) is 43.3 Å². The monoisotopic (exact) mass is 531 g/mol. The number of carbonyl (C=O) groups excluding carboxylic acids is 2. The molecule has 3 aromatic carbocycles. The van der Waals surface area contributed by atoms with Gasteiger partial charge in [0.05, 0.1) is 10.6 Å². The first-order valence-corrected chi connectivity index (χ1v) is 13.0. The van der Waals surface area contributed by atoms with E-state index in [9.17, 15) is 22.4 Å². The Labute approximate surface area is 215 Å². The number of aryl methyl sites for hydroxylation is 1. The van der Waals surface area contributed by atoms with E-state index in [0.717, 1.165) is 14.8 Å². The second kappa shape index (κ2) is 11.5. The van der Waals surface area contributed by atoms with Crippen molar-refractivity contribution in [2.24, 2.45) is 0 Å². The maximum absolute atomic E-state index is 14.4. The van der Waals surface area contributed by atoms with Crippen molar-refractivity contribution in [3.8, 4) is 0 Å². The van der Waals surface area contributed by atoms with Crippen molar-refractivity contribution < 1.29 is 22.4 Å². The van der Waals surface area contributed by atoms with Crippen LogP contribution in [0.5, 0.6) is 0 Å². The third kappa shape index (κ3) is 6.03. The Morgan fingerprint density at radius 3 is 2.28 bits per heavy atom. The molecule has 0 spiro atoms. The number of carbonyl (C=O) groups is 2. The van der Waals surface area contributed by atoms with Crippen LogP contribution in [0.4, 0.5) is 10.1 Å². The van der Waals surface area contributed by atoms with Gasteiger partial charge < -0.3 is 10.2 Å². The van der Waals surface area contributed by atoms with Crippen LogP contribution in [0, 0.1) is 12.7 Å². The lowest BCUT2D eigenvalue weighted by Crippen LogP contribution is -2.50. The van der Waals surface area contributed by atoms with Crippen LogP contribution >= 0.6 is 11.6 Å². The summed E-state index contributed by atoms with van der Waals surface area (Å²) in [7, 11) is -2.77. The molecule has 0 saturated carbocycles. The normalized spacial score (nSPS) is 12.0. The Kier molecular flexibility index (Phi) is 8.70. The van der Waals surface area contributed by atoms with E-state index in [1.165, 1.54) is 50.4 Å². The number of nitrogens with zero attached hydrogens (tertiary/aromatic N) is 2. The van der Waals surface area contributed by atoms with Gasteiger partial charge in [-0.1, -0.05) is 54.1 Å². The number of amides is 2. The van der Waals surface area contributed by atoms with E-state index in [2.05, 4.69) is 5.32 Å². The number of benzene rings is 3. The Morgan fingerprint density at radius 2 is 1.67 bits per heavy atom. The quantitative estimate of drug-likeness (QED) is 0.449. The van der Waals surface area contributed by atoms with Gasteiger partial charge in [0, 0.05) is 24.2 Å². The summed E-state index contributed by atoms with van der Waals surface area (Å²) in [6, 6.07) is 17.2. The van der Waals surface area contributed by atoms with E-state index in [-0.39, 0.29) is 22.7 Å². The highest BCUT2D eigenvalue weighted by Crippen LogP contribution is 2.28. The summed E-state index contributed by atoms with van der Waals surface area (Å²) in [6.07, 6.45) is 0. The number of likely N-dealkylation sites (N-methyl/N-ethyl adjacent to an activating group) is 1. The van der Waals surface area contributed by atoms with E-state index in [4.69, 9.17) is 11.6 Å². The summed E-state index contributed by atoms with van der Waals surface area (Å²) >= 11 is 6.28. The molecule has 0 aliphatic heterocycles. The summed E-state index contributed by atoms with van der Waals surface area (Å²) < 4.78 is 42.6. The second-order valence-corrected chi connectivity index (χ2v) is 10.4. The first kappa shape index (κ1) is 27.2. The molecule has 10 heteroatoms. The van der Waals surface area contributed by atoms with Gasteiger partial charge in [-0.25, -0.2) is 12.8 Å². The summed E-state index contributed by atoms with van der Waals surface area (Å²) in [5, 5.41) is 2.81. The minimum atomic E-state index is -4.19. The molecule has 0 bridgehead atoms. The van der Waals surface area contributed by atoms with Gasteiger partial charge in [0.1, 0.15) is 18.4 Å². The SMILES string of the molecule is CNC(=O)[C@@H](C)N(Cc1ccccc1F)C(=O)CN(c1ccc(C)c(Cl)c1)S(=O)(=O)c1ccccc1. The third-order valence-corrected chi connectivity index (χ3v) is 7.96. The van der Waals surface area contributed by atoms with Gasteiger partial charge in [0.25, 0.3) is 10.0 Å². The van der Waals surface area contributed by atoms with Crippen LogP contribution in [0.25, 0.3) is 0 Å². The maximum atomic E-state index is 14.4. The zero-order valence-corrected chi connectivity index (χ0v) is 21.7. The molecule has 0 fully saturated rings. The topological polar surface area (TPSA) is 86.8 Å². The Morgan fingerprint density at radius 1 is 1.03 bits per heavy atom. The van der Waals surface area contributed by atoms with Crippen LogP contribution in [0.1, 0.15) is 18.1 Å². The molecule has 0 radical (unpaired) electrons. The lowest BCUT2D eigenvalue weighted by Gasteiger charge is -2.32. The van der Waals surface area contributed by atoms with Crippen LogP contribution in [-0.2, 0) is 26.2 Å².